The lowest BCUT2D eigenvalue weighted by Gasteiger charge is -2.11. The average molecular weight is 145 g/mol. The zero-order valence-corrected chi connectivity index (χ0v) is 5.90. The third-order valence-electron chi connectivity index (χ3n) is 1.60. The highest BCUT2D eigenvalue weighted by atomic mass is 17.1. The first-order chi connectivity index (χ1) is 4.66. The summed E-state index contributed by atoms with van der Waals surface area (Å²) in [6.45, 7) is 0.346. The second-order valence-electron chi connectivity index (χ2n) is 2.32. The molecule has 1 fully saturated rings. The molecule has 1 heterocycles. The van der Waals surface area contributed by atoms with E-state index in [4.69, 9.17) is 0 Å². The van der Waals surface area contributed by atoms with Crippen LogP contribution in [0, 0.1) is 0 Å². The summed E-state index contributed by atoms with van der Waals surface area (Å²) in [6.07, 6.45) is -0.627. The first kappa shape index (κ1) is 7.30. The number of carbonyl (C=O) groups excluding carboxylic acids is 1. The van der Waals surface area contributed by atoms with E-state index in [0.29, 0.717) is 6.54 Å². The lowest BCUT2D eigenvalue weighted by atomic mass is 10.6. The largest absolute Gasteiger partial charge is 0.323 e. The summed E-state index contributed by atoms with van der Waals surface area (Å²) < 4.78 is 0. The van der Waals surface area contributed by atoms with Gasteiger partial charge in [0, 0.05) is 14.1 Å². The molecule has 0 spiro atoms. The van der Waals surface area contributed by atoms with Gasteiger partial charge in [-0.15, -0.1) is 0 Å². The predicted octanol–water partition coefficient (Wildman–Crippen LogP) is -0.328. The minimum Gasteiger partial charge on any atom is -0.323 e. The maximum absolute atomic E-state index is 10.9. The second kappa shape index (κ2) is 2.43. The van der Waals surface area contributed by atoms with E-state index in [-0.39, 0.29) is 6.03 Å². The van der Waals surface area contributed by atoms with Crippen LogP contribution in [0.15, 0.2) is 0 Å². The van der Waals surface area contributed by atoms with Gasteiger partial charge in [-0.2, -0.15) is 4.89 Å². The summed E-state index contributed by atoms with van der Waals surface area (Å²) in [5, 5.41) is 9.91. The molecular weight excluding hydrogens is 136 g/mol. The number of hydrogen-bond donors (Lipinski definition) is 0. The molecular formula is C5H9N2O3. The van der Waals surface area contributed by atoms with Crippen LogP contribution in [0.25, 0.3) is 0 Å². The van der Waals surface area contributed by atoms with Crippen LogP contribution in [0.5, 0.6) is 0 Å². The van der Waals surface area contributed by atoms with E-state index in [9.17, 15) is 10.1 Å². The van der Waals surface area contributed by atoms with Crippen LogP contribution in [-0.4, -0.2) is 42.7 Å². The molecule has 1 aliphatic heterocycles. The number of carbonyl (C=O) groups is 1. The SMILES string of the molecule is CN1CC(O[O])N(C)C1=O. The van der Waals surface area contributed by atoms with Gasteiger partial charge in [-0.1, -0.05) is 0 Å². The highest BCUT2D eigenvalue weighted by Crippen LogP contribution is 2.11. The van der Waals surface area contributed by atoms with Crippen molar-refractivity contribution in [2.75, 3.05) is 20.6 Å². The monoisotopic (exact) mass is 145 g/mol. The molecule has 10 heavy (non-hydrogen) atoms. The van der Waals surface area contributed by atoms with Crippen molar-refractivity contribution in [1.29, 1.82) is 0 Å². The van der Waals surface area contributed by atoms with E-state index in [1.165, 1.54) is 16.8 Å². The van der Waals surface area contributed by atoms with Crippen LogP contribution >= 0.6 is 0 Å². The summed E-state index contributed by atoms with van der Waals surface area (Å²) in [4.78, 5) is 17.4. The molecule has 1 atom stereocenters. The molecule has 1 radical (unpaired) electrons. The summed E-state index contributed by atoms with van der Waals surface area (Å²) in [5.41, 5.74) is 0. The number of likely N-dealkylation sites (N-methyl/N-ethyl adjacent to an activating group) is 2. The van der Waals surface area contributed by atoms with Crippen molar-refractivity contribution < 1.29 is 14.9 Å². The Kier molecular flexibility index (Phi) is 1.78. The molecule has 5 nitrogen and oxygen atoms in total. The Hall–Kier alpha value is -0.810. The Labute approximate surface area is 58.7 Å². The molecule has 1 rings (SSSR count). The average Bonchev–Trinajstić information content (AvgIpc) is 2.17. The van der Waals surface area contributed by atoms with Gasteiger partial charge in [-0.25, -0.2) is 4.79 Å². The first-order valence-electron chi connectivity index (χ1n) is 2.93. The lowest BCUT2D eigenvalue weighted by molar-refractivity contribution is -0.350. The molecule has 0 aromatic rings. The number of urea groups is 1. The Morgan fingerprint density at radius 1 is 1.60 bits per heavy atom. The first-order valence-corrected chi connectivity index (χ1v) is 2.93. The minimum atomic E-state index is -0.627. The zero-order chi connectivity index (χ0) is 7.72. The number of hydrogen-bond acceptors (Lipinski definition) is 2. The van der Waals surface area contributed by atoms with Gasteiger partial charge in [-0.3, -0.25) is 4.90 Å². The fourth-order valence-electron chi connectivity index (χ4n) is 0.922. The van der Waals surface area contributed by atoms with Crippen molar-refractivity contribution in [3.8, 4) is 0 Å². The summed E-state index contributed by atoms with van der Waals surface area (Å²) in [5.74, 6) is 0. The Balaban J connectivity index is 2.61. The second-order valence-corrected chi connectivity index (χ2v) is 2.32. The predicted molar refractivity (Wildman–Crippen MR) is 31.3 cm³/mol. The molecule has 0 N–H and O–H groups in total. The summed E-state index contributed by atoms with van der Waals surface area (Å²) in [6, 6.07) is -0.180. The Morgan fingerprint density at radius 2 is 2.20 bits per heavy atom. The van der Waals surface area contributed by atoms with Crippen LogP contribution < -0.4 is 0 Å². The smallest absolute Gasteiger partial charge is 0.321 e. The maximum Gasteiger partial charge on any atom is 0.321 e. The zero-order valence-electron chi connectivity index (χ0n) is 5.90. The number of amides is 2. The minimum absolute atomic E-state index is 0.180. The molecule has 0 bridgehead atoms. The van der Waals surface area contributed by atoms with Crippen LogP contribution in [0.3, 0.4) is 0 Å². The van der Waals surface area contributed by atoms with Gasteiger partial charge >= 0.3 is 6.03 Å². The summed E-state index contributed by atoms with van der Waals surface area (Å²) in [7, 11) is 3.16. The molecule has 0 aliphatic carbocycles. The fraction of sp³-hybridized carbons (Fsp3) is 0.800. The van der Waals surface area contributed by atoms with E-state index in [1.54, 1.807) is 7.05 Å². The van der Waals surface area contributed by atoms with Gasteiger partial charge in [0.05, 0.1) is 6.54 Å². The van der Waals surface area contributed by atoms with Crippen LogP contribution in [-0.2, 0) is 10.1 Å². The molecule has 5 heteroatoms. The van der Waals surface area contributed by atoms with Gasteiger partial charge in [0.15, 0.2) is 6.23 Å². The van der Waals surface area contributed by atoms with Crippen molar-refractivity contribution in [2.24, 2.45) is 0 Å². The van der Waals surface area contributed by atoms with E-state index in [2.05, 4.69) is 4.89 Å². The third-order valence-corrected chi connectivity index (χ3v) is 1.60. The van der Waals surface area contributed by atoms with Gasteiger partial charge in [-0.05, 0) is 5.26 Å². The fourth-order valence-corrected chi connectivity index (χ4v) is 0.922. The summed E-state index contributed by atoms with van der Waals surface area (Å²) >= 11 is 0. The molecule has 0 saturated carbocycles. The Morgan fingerprint density at radius 3 is 2.40 bits per heavy atom. The normalized spacial score (nSPS) is 26.3. The van der Waals surface area contributed by atoms with Gasteiger partial charge in [0.25, 0.3) is 0 Å². The standard InChI is InChI=1S/C5H9N2O3/c1-6-3-4(10-9)7(2)5(6)8/h4H,3H2,1-2H3. The van der Waals surface area contributed by atoms with Crippen molar-refractivity contribution >= 4 is 6.03 Å². The van der Waals surface area contributed by atoms with Crippen molar-refractivity contribution in [2.45, 2.75) is 6.23 Å². The van der Waals surface area contributed by atoms with E-state index < -0.39 is 6.23 Å². The van der Waals surface area contributed by atoms with Crippen molar-refractivity contribution in [3.05, 3.63) is 0 Å². The van der Waals surface area contributed by atoms with Gasteiger partial charge in [0.2, 0.25) is 0 Å². The number of rotatable bonds is 1. The molecule has 2 amide bonds. The highest BCUT2D eigenvalue weighted by Gasteiger charge is 2.33. The van der Waals surface area contributed by atoms with Crippen molar-refractivity contribution in [3.63, 3.8) is 0 Å². The van der Waals surface area contributed by atoms with Gasteiger partial charge in [0.1, 0.15) is 0 Å². The number of nitrogens with zero attached hydrogens (tertiary/aromatic N) is 2. The van der Waals surface area contributed by atoms with Crippen molar-refractivity contribution in [1.82, 2.24) is 9.80 Å². The van der Waals surface area contributed by atoms with Crippen LogP contribution in [0.2, 0.25) is 0 Å². The van der Waals surface area contributed by atoms with E-state index in [1.807, 2.05) is 0 Å². The molecule has 1 saturated heterocycles. The maximum atomic E-state index is 10.9. The molecule has 0 aromatic heterocycles. The van der Waals surface area contributed by atoms with E-state index >= 15 is 0 Å². The topological polar surface area (TPSA) is 52.7 Å². The third kappa shape index (κ3) is 0.932. The van der Waals surface area contributed by atoms with Crippen LogP contribution in [0.4, 0.5) is 4.79 Å². The van der Waals surface area contributed by atoms with Crippen LogP contribution in [0.1, 0.15) is 0 Å². The molecule has 1 aliphatic rings. The highest BCUT2D eigenvalue weighted by molar-refractivity contribution is 5.76. The van der Waals surface area contributed by atoms with Gasteiger partial charge < -0.3 is 4.90 Å². The molecule has 1 unspecified atom stereocenters. The Bertz CT molecular complexity index is 150. The van der Waals surface area contributed by atoms with E-state index in [0.717, 1.165) is 0 Å². The molecule has 0 aromatic carbocycles. The molecule has 57 valence electrons. The lowest BCUT2D eigenvalue weighted by Crippen LogP contribution is -2.31. The quantitative estimate of drug-likeness (QED) is 0.375.